The summed E-state index contributed by atoms with van der Waals surface area (Å²) in [7, 11) is 0. The highest BCUT2D eigenvalue weighted by Crippen LogP contribution is 2.31. The molecular weight excluding hydrogens is 378 g/mol. The zero-order chi connectivity index (χ0) is 20.1. The van der Waals surface area contributed by atoms with Gasteiger partial charge in [-0.15, -0.1) is 0 Å². The van der Waals surface area contributed by atoms with Gasteiger partial charge < -0.3 is 4.74 Å². The highest BCUT2D eigenvalue weighted by atomic mass is 35.5. The SMILES string of the molecule is CC(C)(CCCc1cc(F)cc(Oc2ccc(F)cc2)c1)c1ccc(Cl)cc1. The molecule has 3 aromatic rings. The average molecular weight is 401 g/mol. The molecule has 0 unspecified atom stereocenters. The fourth-order valence-electron chi connectivity index (χ4n) is 3.24. The predicted octanol–water partition coefficient (Wildman–Crippen LogP) is 7.71. The van der Waals surface area contributed by atoms with Gasteiger partial charge in [-0.2, -0.15) is 0 Å². The molecule has 0 spiro atoms. The number of aryl methyl sites for hydroxylation is 1. The van der Waals surface area contributed by atoms with Crippen molar-refractivity contribution in [1.29, 1.82) is 0 Å². The summed E-state index contributed by atoms with van der Waals surface area (Å²) in [4.78, 5) is 0. The first kappa shape index (κ1) is 20.3. The molecule has 0 amide bonds. The maximum absolute atomic E-state index is 14.0. The van der Waals surface area contributed by atoms with E-state index < -0.39 is 0 Å². The Hall–Kier alpha value is -2.39. The van der Waals surface area contributed by atoms with Crippen molar-refractivity contribution in [1.82, 2.24) is 0 Å². The third-order valence-electron chi connectivity index (χ3n) is 4.87. The molecule has 0 saturated carbocycles. The first-order chi connectivity index (χ1) is 13.3. The molecule has 3 aromatic carbocycles. The van der Waals surface area contributed by atoms with Gasteiger partial charge in [-0.1, -0.05) is 37.6 Å². The van der Waals surface area contributed by atoms with Crippen LogP contribution in [0.25, 0.3) is 0 Å². The van der Waals surface area contributed by atoms with Crippen LogP contribution in [0.2, 0.25) is 5.02 Å². The molecule has 0 saturated heterocycles. The van der Waals surface area contributed by atoms with Crippen LogP contribution in [0.5, 0.6) is 11.5 Å². The zero-order valence-corrected chi connectivity index (χ0v) is 16.8. The van der Waals surface area contributed by atoms with Crippen molar-refractivity contribution in [2.24, 2.45) is 0 Å². The molecule has 0 fully saturated rings. The smallest absolute Gasteiger partial charge is 0.130 e. The Kier molecular flexibility index (Phi) is 6.35. The van der Waals surface area contributed by atoms with Crippen LogP contribution >= 0.6 is 11.6 Å². The van der Waals surface area contributed by atoms with E-state index >= 15 is 0 Å². The van der Waals surface area contributed by atoms with Crippen LogP contribution in [0.3, 0.4) is 0 Å². The van der Waals surface area contributed by atoms with Gasteiger partial charge in [0.05, 0.1) is 0 Å². The Morgan fingerprint density at radius 1 is 0.821 bits per heavy atom. The fourth-order valence-corrected chi connectivity index (χ4v) is 3.37. The second-order valence-corrected chi connectivity index (χ2v) is 8.03. The summed E-state index contributed by atoms with van der Waals surface area (Å²) in [5, 5.41) is 0.730. The molecule has 0 aliphatic rings. The van der Waals surface area contributed by atoms with Gasteiger partial charge in [0, 0.05) is 11.1 Å². The Morgan fingerprint density at radius 3 is 2.18 bits per heavy atom. The van der Waals surface area contributed by atoms with E-state index in [1.807, 2.05) is 18.2 Å². The summed E-state index contributed by atoms with van der Waals surface area (Å²) in [6.07, 6.45) is 2.61. The van der Waals surface area contributed by atoms with Gasteiger partial charge in [-0.05, 0) is 84.3 Å². The third-order valence-corrected chi connectivity index (χ3v) is 5.13. The number of benzene rings is 3. The zero-order valence-electron chi connectivity index (χ0n) is 16.0. The summed E-state index contributed by atoms with van der Waals surface area (Å²) >= 11 is 5.98. The lowest BCUT2D eigenvalue weighted by atomic mass is 9.80. The summed E-state index contributed by atoms with van der Waals surface area (Å²) in [6.45, 7) is 4.40. The number of halogens is 3. The van der Waals surface area contributed by atoms with Gasteiger partial charge in [0.1, 0.15) is 23.1 Å². The van der Waals surface area contributed by atoms with Gasteiger partial charge in [0.15, 0.2) is 0 Å². The van der Waals surface area contributed by atoms with E-state index in [0.29, 0.717) is 11.5 Å². The Morgan fingerprint density at radius 2 is 1.50 bits per heavy atom. The third kappa shape index (κ3) is 5.56. The van der Waals surface area contributed by atoms with E-state index in [2.05, 4.69) is 26.0 Å². The van der Waals surface area contributed by atoms with Gasteiger partial charge in [0.25, 0.3) is 0 Å². The van der Waals surface area contributed by atoms with E-state index in [-0.39, 0.29) is 17.0 Å². The molecule has 0 aliphatic heterocycles. The van der Waals surface area contributed by atoms with Crippen LogP contribution in [0, 0.1) is 11.6 Å². The first-order valence-electron chi connectivity index (χ1n) is 9.31. The molecule has 0 N–H and O–H groups in total. The molecule has 0 heterocycles. The van der Waals surface area contributed by atoms with Gasteiger partial charge >= 0.3 is 0 Å². The molecule has 0 aliphatic carbocycles. The number of rotatable bonds is 7. The fraction of sp³-hybridized carbons (Fsp3) is 0.250. The molecule has 0 radical (unpaired) electrons. The van der Waals surface area contributed by atoms with Crippen molar-refractivity contribution < 1.29 is 13.5 Å². The first-order valence-corrected chi connectivity index (χ1v) is 9.69. The van der Waals surface area contributed by atoms with Crippen LogP contribution in [0.1, 0.15) is 37.8 Å². The number of hydrogen-bond acceptors (Lipinski definition) is 1. The largest absolute Gasteiger partial charge is 0.457 e. The van der Waals surface area contributed by atoms with Crippen molar-refractivity contribution in [2.75, 3.05) is 0 Å². The van der Waals surface area contributed by atoms with Crippen molar-refractivity contribution in [2.45, 2.75) is 38.5 Å². The maximum atomic E-state index is 14.0. The van der Waals surface area contributed by atoms with Crippen LogP contribution in [-0.2, 0) is 11.8 Å². The van der Waals surface area contributed by atoms with Gasteiger partial charge in [-0.25, -0.2) is 8.78 Å². The molecule has 1 nitrogen and oxygen atoms in total. The molecule has 3 rings (SSSR count). The second kappa shape index (κ2) is 8.74. The summed E-state index contributed by atoms with van der Waals surface area (Å²) in [6, 6.07) is 18.3. The second-order valence-electron chi connectivity index (χ2n) is 7.60. The average Bonchev–Trinajstić information content (AvgIpc) is 2.63. The minimum Gasteiger partial charge on any atom is -0.457 e. The highest BCUT2D eigenvalue weighted by Gasteiger charge is 2.20. The molecular formula is C24H23ClF2O. The minimum atomic E-state index is -0.341. The maximum Gasteiger partial charge on any atom is 0.130 e. The lowest BCUT2D eigenvalue weighted by Crippen LogP contribution is -2.17. The molecule has 146 valence electrons. The van der Waals surface area contributed by atoms with E-state index in [0.717, 1.165) is 29.8 Å². The molecule has 4 heteroatoms. The Bertz CT molecular complexity index is 918. The van der Waals surface area contributed by atoms with Gasteiger partial charge in [0.2, 0.25) is 0 Å². The lowest BCUT2D eigenvalue weighted by Gasteiger charge is -2.25. The van der Waals surface area contributed by atoms with Crippen LogP contribution < -0.4 is 4.74 Å². The van der Waals surface area contributed by atoms with Crippen molar-refractivity contribution in [3.63, 3.8) is 0 Å². The summed E-state index contributed by atoms with van der Waals surface area (Å²) < 4.78 is 32.7. The van der Waals surface area contributed by atoms with Gasteiger partial charge in [-0.3, -0.25) is 0 Å². The minimum absolute atomic E-state index is 0.00531. The number of hydrogen-bond donors (Lipinski definition) is 0. The topological polar surface area (TPSA) is 9.23 Å². The van der Waals surface area contributed by atoms with Crippen LogP contribution in [0.4, 0.5) is 8.78 Å². The van der Waals surface area contributed by atoms with Crippen molar-refractivity contribution in [3.8, 4) is 11.5 Å². The Balaban J connectivity index is 1.63. The monoisotopic (exact) mass is 400 g/mol. The van der Waals surface area contributed by atoms with Crippen molar-refractivity contribution in [3.05, 3.63) is 94.5 Å². The Labute approximate surface area is 169 Å². The highest BCUT2D eigenvalue weighted by molar-refractivity contribution is 6.30. The normalized spacial score (nSPS) is 11.5. The van der Waals surface area contributed by atoms with E-state index in [1.54, 1.807) is 0 Å². The van der Waals surface area contributed by atoms with E-state index in [4.69, 9.17) is 16.3 Å². The lowest BCUT2D eigenvalue weighted by molar-refractivity contribution is 0.458. The molecule has 0 atom stereocenters. The molecule has 28 heavy (non-hydrogen) atoms. The van der Waals surface area contributed by atoms with E-state index in [1.165, 1.54) is 42.0 Å². The van der Waals surface area contributed by atoms with Crippen molar-refractivity contribution >= 4 is 11.6 Å². The van der Waals surface area contributed by atoms with Crippen LogP contribution in [0.15, 0.2) is 66.7 Å². The number of ether oxygens (including phenoxy) is 1. The quantitative estimate of drug-likeness (QED) is 0.394. The summed E-state index contributed by atoms with van der Waals surface area (Å²) in [5.74, 6) is 0.211. The molecule has 0 aromatic heterocycles. The molecule has 0 bridgehead atoms. The predicted molar refractivity (Wildman–Crippen MR) is 110 cm³/mol. The van der Waals surface area contributed by atoms with E-state index in [9.17, 15) is 8.78 Å². The standard InChI is InChI=1S/C24H23ClF2O/c1-24(2,18-5-7-19(25)8-6-18)13-3-4-17-14-21(27)16-23(15-17)28-22-11-9-20(26)10-12-22/h5-12,14-16H,3-4,13H2,1-2H3. The van der Waals surface area contributed by atoms with Crippen LogP contribution in [-0.4, -0.2) is 0 Å². The summed E-state index contributed by atoms with van der Waals surface area (Å²) in [5.41, 5.74) is 2.12.